The first-order valence-electron chi connectivity index (χ1n) is 6.21. The van der Waals surface area contributed by atoms with Gasteiger partial charge >= 0.3 is 0 Å². The van der Waals surface area contributed by atoms with Crippen molar-refractivity contribution in [2.24, 2.45) is 0 Å². The number of nitrogens with one attached hydrogen (secondary N) is 1. The summed E-state index contributed by atoms with van der Waals surface area (Å²) in [4.78, 5) is 13.7. The third-order valence-corrected chi connectivity index (χ3v) is 3.11. The lowest BCUT2D eigenvalue weighted by molar-refractivity contribution is -0.131. The van der Waals surface area contributed by atoms with Crippen LogP contribution in [0.15, 0.2) is 12.0 Å². The summed E-state index contributed by atoms with van der Waals surface area (Å²) in [7, 11) is 1.80. The summed E-state index contributed by atoms with van der Waals surface area (Å²) in [5.74, 6) is 0.214. The van der Waals surface area contributed by atoms with Crippen molar-refractivity contribution < 1.29 is 14.3 Å². The van der Waals surface area contributed by atoms with Crippen LogP contribution < -0.4 is 5.32 Å². The number of hydrogen-bond acceptors (Lipinski definition) is 4. The van der Waals surface area contributed by atoms with E-state index in [9.17, 15) is 4.79 Å². The molecule has 1 N–H and O–H groups in total. The summed E-state index contributed by atoms with van der Waals surface area (Å²) < 4.78 is 10.4. The molecule has 17 heavy (non-hydrogen) atoms. The Balaban J connectivity index is 1.83. The van der Waals surface area contributed by atoms with Gasteiger partial charge in [-0.3, -0.25) is 4.79 Å². The number of ether oxygens (including phenoxy) is 2. The van der Waals surface area contributed by atoms with Crippen molar-refractivity contribution in [2.45, 2.75) is 25.3 Å². The SMILES string of the molecule is CN(CC1CCCCN1)C(=O)C1=COCCO1. The van der Waals surface area contributed by atoms with E-state index in [1.54, 1.807) is 11.9 Å². The van der Waals surface area contributed by atoms with E-state index in [1.165, 1.54) is 19.1 Å². The Morgan fingerprint density at radius 1 is 1.53 bits per heavy atom. The van der Waals surface area contributed by atoms with E-state index in [0.29, 0.717) is 25.0 Å². The van der Waals surface area contributed by atoms with Crippen LogP contribution in [-0.4, -0.2) is 50.2 Å². The van der Waals surface area contributed by atoms with E-state index < -0.39 is 0 Å². The second kappa shape index (κ2) is 5.91. The molecule has 1 fully saturated rings. The molecule has 5 heteroatoms. The molecule has 1 atom stereocenters. The molecule has 2 aliphatic rings. The number of carbonyl (C=O) groups is 1. The zero-order chi connectivity index (χ0) is 12.1. The Labute approximate surface area is 102 Å². The van der Waals surface area contributed by atoms with Gasteiger partial charge in [0, 0.05) is 19.6 Å². The molecule has 2 heterocycles. The molecule has 2 aliphatic heterocycles. The maximum atomic E-state index is 12.0. The molecule has 0 radical (unpaired) electrons. The van der Waals surface area contributed by atoms with Gasteiger partial charge in [0.15, 0.2) is 0 Å². The van der Waals surface area contributed by atoms with Crippen LogP contribution in [0.3, 0.4) is 0 Å². The Morgan fingerprint density at radius 2 is 2.41 bits per heavy atom. The fraction of sp³-hybridized carbons (Fsp3) is 0.750. The van der Waals surface area contributed by atoms with Gasteiger partial charge in [-0.2, -0.15) is 0 Å². The van der Waals surface area contributed by atoms with Crippen molar-refractivity contribution in [3.8, 4) is 0 Å². The Hall–Kier alpha value is -1.23. The van der Waals surface area contributed by atoms with Crippen LogP contribution in [0.4, 0.5) is 0 Å². The Kier molecular flexibility index (Phi) is 4.25. The zero-order valence-corrected chi connectivity index (χ0v) is 10.3. The van der Waals surface area contributed by atoms with Crippen LogP contribution in [0.25, 0.3) is 0 Å². The van der Waals surface area contributed by atoms with Crippen LogP contribution in [0.5, 0.6) is 0 Å². The maximum Gasteiger partial charge on any atom is 0.292 e. The fourth-order valence-electron chi connectivity index (χ4n) is 2.16. The van der Waals surface area contributed by atoms with Crippen LogP contribution in [0.1, 0.15) is 19.3 Å². The number of carbonyl (C=O) groups excluding carboxylic acids is 1. The molecule has 2 rings (SSSR count). The van der Waals surface area contributed by atoms with Crippen LogP contribution >= 0.6 is 0 Å². The van der Waals surface area contributed by atoms with Gasteiger partial charge in [-0.1, -0.05) is 6.42 Å². The summed E-state index contributed by atoms with van der Waals surface area (Å²) in [6.45, 7) is 2.74. The third-order valence-electron chi connectivity index (χ3n) is 3.11. The first-order chi connectivity index (χ1) is 8.27. The van der Waals surface area contributed by atoms with Crippen LogP contribution in [0, 0.1) is 0 Å². The van der Waals surface area contributed by atoms with E-state index in [1.807, 2.05) is 0 Å². The number of piperidine rings is 1. The number of likely N-dealkylation sites (N-methyl/N-ethyl adjacent to an activating group) is 1. The van der Waals surface area contributed by atoms with Gasteiger partial charge in [0.05, 0.1) is 0 Å². The molecule has 0 aromatic rings. The lowest BCUT2D eigenvalue weighted by atomic mass is 10.0. The summed E-state index contributed by atoms with van der Waals surface area (Å²) in [6.07, 6.45) is 5.02. The molecule has 0 spiro atoms. The molecule has 1 saturated heterocycles. The molecule has 1 amide bonds. The normalized spacial score (nSPS) is 24.3. The zero-order valence-electron chi connectivity index (χ0n) is 10.3. The van der Waals surface area contributed by atoms with Gasteiger partial charge in [0.2, 0.25) is 5.76 Å². The van der Waals surface area contributed by atoms with Gasteiger partial charge in [-0.15, -0.1) is 0 Å². The van der Waals surface area contributed by atoms with Gasteiger partial charge in [-0.25, -0.2) is 0 Å². The van der Waals surface area contributed by atoms with Gasteiger partial charge in [-0.05, 0) is 19.4 Å². The van der Waals surface area contributed by atoms with Gasteiger partial charge in [0.1, 0.15) is 19.5 Å². The highest BCUT2D eigenvalue weighted by Gasteiger charge is 2.22. The Bertz CT molecular complexity index is 298. The molecular formula is C12H20N2O3. The van der Waals surface area contributed by atoms with Gasteiger partial charge < -0.3 is 19.7 Å². The summed E-state index contributed by atoms with van der Waals surface area (Å²) in [5, 5.41) is 3.42. The minimum atomic E-state index is -0.0999. The smallest absolute Gasteiger partial charge is 0.292 e. The van der Waals surface area contributed by atoms with E-state index in [4.69, 9.17) is 9.47 Å². The molecule has 0 saturated carbocycles. The summed E-state index contributed by atoms with van der Waals surface area (Å²) in [6, 6.07) is 0.405. The van der Waals surface area contributed by atoms with E-state index in [0.717, 1.165) is 19.5 Å². The molecule has 5 nitrogen and oxygen atoms in total. The van der Waals surface area contributed by atoms with Crippen molar-refractivity contribution in [1.82, 2.24) is 10.2 Å². The average Bonchev–Trinajstić information content (AvgIpc) is 2.40. The van der Waals surface area contributed by atoms with E-state index in [2.05, 4.69) is 5.32 Å². The van der Waals surface area contributed by atoms with Crippen LogP contribution in [0.2, 0.25) is 0 Å². The molecule has 96 valence electrons. The predicted octanol–water partition coefficient (Wildman–Crippen LogP) is 0.475. The highest BCUT2D eigenvalue weighted by molar-refractivity contribution is 5.91. The monoisotopic (exact) mass is 240 g/mol. The minimum absolute atomic E-state index is 0.0999. The van der Waals surface area contributed by atoms with E-state index >= 15 is 0 Å². The molecule has 0 bridgehead atoms. The summed E-state index contributed by atoms with van der Waals surface area (Å²) in [5.41, 5.74) is 0. The largest absolute Gasteiger partial charge is 0.494 e. The average molecular weight is 240 g/mol. The highest BCUT2D eigenvalue weighted by atomic mass is 16.6. The predicted molar refractivity (Wildman–Crippen MR) is 63.3 cm³/mol. The lowest BCUT2D eigenvalue weighted by Gasteiger charge is -2.29. The number of nitrogens with zero attached hydrogens (tertiary/aromatic N) is 1. The maximum absolute atomic E-state index is 12.0. The van der Waals surface area contributed by atoms with Crippen molar-refractivity contribution in [3.63, 3.8) is 0 Å². The molecule has 0 aromatic carbocycles. The standard InChI is InChI=1S/C12H20N2O3/c1-14(8-10-4-2-3-5-13-10)12(15)11-9-16-6-7-17-11/h9-10,13H,2-8H2,1H3. The molecular weight excluding hydrogens is 220 g/mol. The number of hydrogen-bond donors (Lipinski definition) is 1. The molecule has 1 unspecified atom stereocenters. The molecule has 0 aliphatic carbocycles. The van der Waals surface area contributed by atoms with Gasteiger partial charge in [0.25, 0.3) is 5.91 Å². The first kappa shape index (κ1) is 12.2. The lowest BCUT2D eigenvalue weighted by Crippen LogP contribution is -2.45. The quantitative estimate of drug-likeness (QED) is 0.779. The molecule has 0 aromatic heterocycles. The minimum Gasteiger partial charge on any atom is -0.494 e. The van der Waals surface area contributed by atoms with Crippen LogP contribution in [-0.2, 0) is 14.3 Å². The topological polar surface area (TPSA) is 50.8 Å². The van der Waals surface area contributed by atoms with Crippen molar-refractivity contribution in [3.05, 3.63) is 12.0 Å². The Morgan fingerprint density at radius 3 is 3.06 bits per heavy atom. The summed E-state index contributed by atoms with van der Waals surface area (Å²) >= 11 is 0. The first-order valence-corrected chi connectivity index (χ1v) is 6.21. The fourth-order valence-corrected chi connectivity index (χ4v) is 2.16. The third kappa shape index (κ3) is 3.36. The number of amides is 1. The van der Waals surface area contributed by atoms with E-state index in [-0.39, 0.29) is 5.91 Å². The van der Waals surface area contributed by atoms with Crippen molar-refractivity contribution in [2.75, 3.05) is 33.4 Å². The highest BCUT2D eigenvalue weighted by Crippen LogP contribution is 2.11. The second-order valence-electron chi connectivity index (χ2n) is 4.53. The van der Waals surface area contributed by atoms with Crippen molar-refractivity contribution in [1.29, 1.82) is 0 Å². The number of rotatable bonds is 3. The second-order valence-corrected chi connectivity index (χ2v) is 4.53. The van der Waals surface area contributed by atoms with Crippen molar-refractivity contribution >= 4 is 5.91 Å².